The molecule has 186 valence electrons. The average molecular weight is 479 g/mol. The van der Waals surface area contributed by atoms with Gasteiger partial charge in [0.15, 0.2) is 0 Å². The van der Waals surface area contributed by atoms with Gasteiger partial charge in [0.1, 0.15) is 12.1 Å². The summed E-state index contributed by atoms with van der Waals surface area (Å²) in [5.41, 5.74) is 3.48. The van der Waals surface area contributed by atoms with E-state index in [1.165, 1.54) is 11.1 Å². The summed E-state index contributed by atoms with van der Waals surface area (Å²) in [6.07, 6.45) is 3.62. The highest BCUT2D eigenvalue weighted by Crippen LogP contribution is 2.44. The number of carbonyl (C=O) groups is 3. The molecule has 2 aliphatic rings. The molecule has 0 aliphatic heterocycles. The summed E-state index contributed by atoms with van der Waals surface area (Å²) < 4.78 is 5.51. The van der Waals surface area contributed by atoms with Crippen molar-refractivity contribution in [1.29, 1.82) is 0 Å². The van der Waals surface area contributed by atoms with E-state index in [4.69, 9.17) is 4.74 Å². The van der Waals surface area contributed by atoms with E-state index in [2.05, 4.69) is 41.8 Å². The van der Waals surface area contributed by atoms with Gasteiger partial charge in [0, 0.05) is 18.9 Å². The van der Waals surface area contributed by atoms with Crippen LogP contribution in [-0.2, 0) is 14.3 Å². The van der Waals surface area contributed by atoms with Gasteiger partial charge in [-0.3, -0.25) is 4.79 Å². The van der Waals surface area contributed by atoms with Crippen molar-refractivity contribution < 1.29 is 24.2 Å². The first-order chi connectivity index (χ1) is 16.9. The Kier molecular flexibility index (Phi) is 7.73. The van der Waals surface area contributed by atoms with Crippen LogP contribution in [0.5, 0.6) is 0 Å². The number of carboxylic acids is 1. The summed E-state index contributed by atoms with van der Waals surface area (Å²) in [7, 11) is 0. The second-order valence-electron chi connectivity index (χ2n) is 9.64. The van der Waals surface area contributed by atoms with Gasteiger partial charge in [-0.15, -0.1) is 0 Å². The molecule has 0 spiro atoms. The lowest BCUT2D eigenvalue weighted by molar-refractivity contribution is -0.149. The van der Waals surface area contributed by atoms with Gasteiger partial charge in [-0.05, 0) is 60.3 Å². The SMILES string of the molecule is CCC1CCC(NC(=O)CCCNC(=O)OCC2c3ccccc3-c3ccccc32)(C(=O)O)CC1. The third kappa shape index (κ3) is 5.50. The van der Waals surface area contributed by atoms with Crippen LogP contribution in [0, 0.1) is 5.92 Å². The van der Waals surface area contributed by atoms with Crippen molar-refractivity contribution in [2.45, 2.75) is 63.3 Å². The van der Waals surface area contributed by atoms with Crippen LogP contribution in [0.2, 0.25) is 0 Å². The Morgan fingerprint density at radius 3 is 2.17 bits per heavy atom. The number of benzene rings is 2. The minimum Gasteiger partial charge on any atom is -0.480 e. The Labute approximate surface area is 206 Å². The van der Waals surface area contributed by atoms with Crippen LogP contribution in [-0.4, -0.2) is 41.8 Å². The third-order valence-corrected chi connectivity index (χ3v) is 7.52. The predicted molar refractivity (Wildman–Crippen MR) is 133 cm³/mol. The van der Waals surface area contributed by atoms with Crippen molar-refractivity contribution in [2.24, 2.45) is 5.92 Å². The number of hydrogen-bond donors (Lipinski definition) is 3. The standard InChI is InChI=1S/C28H34N2O5/c1-2-19-13-15-28(16-14-19,26(32)33)30-25(31)12-7-17-29-27(34)35-18-24-22-10-5-3-8-20(22)21-9-4-6-11-23(21)24/h3-6,8-11,19,24H,2,7,12-18H2,1H3,(H,29,34)(H,30,31)(H,32,33). The molecule has 2 aliphatic carbocycles. The molecule has 0 heterocycles. The van der Waals surface area contributed by atoms with E-state index in [1.54, 1.807) is 0 Å². The van der Waals surface area contributed by atoms with Crippen LogP contribution in [0.1, 0.15) is 68.9 Å². The fraction of sp³-hybridized carbons (Fsp3) is 0.464. The zero-order chi connectivity index (χ0) is 24.8. The van der Waals surface area contributed by atoms with E-state index in [0.29, 0.717) is 25.2 Å². The van der Waals surface area contributed by atoms with Gasteiger partial charge in [0.25, 0.3) is 0 Å². The number of nitrogens with one attached hydrogen (secondary N) is 2. The quantitative estimate of drug-likeness (QED) is 0.447. The molecule has 4 rings (SSSR count). The number of fused-ring (bicyclic) bond motifs is 3. The van der Waals surface area contributed by atoms with Crippen molar-refractivity contribution in [1.82, 2.24) is 10.6 Å². The highest BCUT2D eigenvalue weighted by Gasteiger charge is 2.42. The number of carboxylic acid groups (broad SMARTS) is 1. The largest absolute Gasteiger partial charge is 0.480 e. The second kappa shape index (κ2) is 10.9. The molecule has 2 aromatic rings. The topological polar surface area (TPSA) is 105 Å². The molecule has 2 aromatic carbocycles. The van der Waals surface area contributed by atoms with Crippen molar-refractivity contribution >= 4 is 18.0 Å². The van der Waals surface area contributed by atoms with Crippen LogP contribution >= 0.6 is 0 Å². The first kappa shape index (κ1) is 24.8. The molecule has 35 heavy (non-hydrogen) atoms. The van der Waals surface area contributed by atoms with Crippen molar-refractivity contribution in [2.75, 3.05) is 13.2 Å². The highest BCUT2D eigenvalue weighted by atomic mass is 16.5. The van der Waals surface area contributed by atoms with Gasteiger partial charge in [-0.25, -0.2) is 9.59 Å². The maximum Gasteiger partial charge on any atom is 0.407 e. The Bertz CT molecular complexity index is 1030. The normalized spacial score (nSPS) is 21.0. The van der Waals surface area contributed by atoms with E-state index in [9.17, 15) is 19.5 Å². The first-order valence-electron chi connectivity index (χ1n) is 12.6. The fourth-order valence-corrected chi connectivity index (χ4v) is 5.39. The number of amides is 2. The zero-order valence-corrected chi connectivity index (χ0v) is 20.2. The predicted octanol–water partition coefficient (Wildman–Crippen LogP) is 4.85. The molecule has 0 saturated heterocycles. The van der Waals surface area contributed by atoms with Crippen LogP contribution < -0.4 is 10.6 Å². The van der Waals surface area contributed by atoms with Crippen LogP contribution in [0.25, 0.3) is 11.1 Å². The molecule has 7 heteroatoms. The van der Waals surface area contributed by atoms with Crippen molar-refractivity contribution in [3.05, 3.63) is 59.7 Å². The number of aliphatic carboxylic acids is 1. The Balaban J connectivity index is 1.20. The van der Waals surface area contributed by atoms with Gasteiger partial charge in [0.05, 0.1) is 0 Å². The minimum atomic E-state index is -1.16. The minimum absolute atomic E-state index is 0.00562. The van der Waals surface area contributed by atoms with Crippen molar-refractivity contribution in [3.8, 4) is 11.1 Å². The lowest BCUT2D eigenvalue weighted by Crippen LogP contribution is -2.56. The van der Waals surface area contributed by atoms with Gasteiger partial charge in [-0.2, -0.15) is 0 Å². The molecule has 7 nitrogen and oxygen atoms in total. The van der Waals surface area contributed by atoms with E-state index < -0.39 is 17.6 Å². The summed E-state index contributed by atoms with van der Waals surface area (Å²) in [5.74, 6) is -0.733. The lowest BCUT2D eigenvalue weighted by Gasteiger charge is -2.37. The zero-order valence-electron chi connectivity index (χ0n) is 20.2. The summed E-state index contributed by atoms with van der Waals surface area (Å²) >= 11 is 0. The van der Waals surface area contributed by atoms with Crippen LogP contribution in [0.3, 0.4) is 0 Å². The van der Waals surface area contributed by atoms with E-state index >= 15 is 0 Å². The summed E-state index contributed by atoms with van der Waals surface area (Å²) in [4.78, 5) is 36.6. The molecule has 1 fully saturated rings. The highest BCUT2D eigenvalue weighted by molar-refractivity contribution is 5.87. The lowest BCUT2D eigenvalue weighted by atomic mass is 9.75. The molecular formula is C28H34N2O5. The summed E-state index contributed by atoms with van der Waals surface area (Å²) in [5, 5.41) is 15.2. The maximum absolute atomic E-state index is 12.4. The Morgan fingerprint density at radius 1 is 1.00 bits per heavy atom. The molecule has 0 unspecified atom stereocenters. The maximum atomic E-state index is 12.4. The van der Waals surface area contributed by atoms with Gasteiger partial charge >= 0.3 is 12.1 Å². The van der Waals surface area contributed by atoms with Gasteiger partial charge in [0.2, 0.25) is 5.91 Å². The Morgan fingerprint density at radius 2 is 1.60 bits per heavy atom. The average Bonchev–Trinajstić information content (AvgIpc) is 3.19. The molecular weight excluding hydrogens is 444 g/mol. The second-order valence-corrected chi connectivity index (χ2v) is 9.64. The molecule has 3 N–H and O–H groups in total. The molecule has 2 amide bonds. The van der Waals surface area contributed by atoms with Crippen molar-refractivity contribution in [3.63, 3.8) is 0 Å². The third-order valence-electron chi connectivity index (χ3n) is 7.52. The number of ether oxygens (including phenoxy) is 1. The van der Waals surface area contributed by atoms with Gasteiger partial charge in [-0.1, -0.05) is 61.9 Å². The number of hydrogen-bond acceptors (Lipinski definition) is 4. The number of rotatable bonds is 9. The molecule has 1 saturated carbocycles. The monoisotopic (exact) mass is 478 g/mol. The van der Waals surface area contributed by atoms with E-state index in [1.807, 2.05) is 24.3 Å². The van der Waals surface area contributed by atoms with Crippen LogP contribution in [0.15, 0.2) is 48.5 Å². The van der Waals surface area contributed by atoms with Crippen LogP contribution in [0.4, 0.5) is 4.79 Å². The molecule has 0 atom stereocenters. The van der Waals surface area contributed by atoms with E-state index in [-0.39, 0.29) is 31.4 Å². The molecule has 0 radical (unpaired) electrons. The number of carbonyl (C=O) groups excluding carboxylic acids is 2. The fourth-order valence-electron chi connectivity index (χ4n) is 5.39. The molecule has 0 bridgehead atoms. The van der Waals surface area contributed by atoms with E-state index in [0.717, 1.165) is 30.4 Å². The summed E-state index contributed by atoms with van der Waals surface area (Å²) in [6, 6.07) is 16.3. The number of alkyl carbamates (subject to hydrolysis) is 1. The smallest absolute Gasteiger partial charge is 0.407 e. The first-order valence-corrected chi connectivity index (χ1v) is 12.6. The summed E-state index contributed by atoms with van der Waals surface area (Å²) in [6.45, 7) is 2.63. The Hall–Kier alpha value is -3.35. The molecule has 0 aromatic heterocycles. The van der Waals surface area contributed by atoms with Gasteiger partial charge < -0.3 is 20.5 Å².